The average molecular weight is 562 g/mol. The molecule has 2 atom stereocenters. The highest BCUT2D eigenvalue weighted by Gasteiger charge is 2.37. The second-order valence-electron chi connectivity index (χ2n) is 11.2. The molecule has 3 aliphatic rings. The number of hydrogen-bond donors (Lipinski definition) is 2. The Hall–Kier alpha value is -3.50. The van der Waals surface area contributed by atoms with Gasteiger partial charge in [0.2, 0.25) is 17.7 Å². The second-order valence-corrected chi connectivity index (χ2v) is 12.9. The van der Waals surface area contributed by atoms with Crippen LogP contribution >= 0.6 is 0 Å². The highest BCUT2D eigenvalue weighted by atomic mass is 32.2. The van der Waals surface area contributed by atoms with Crippen LogP contribution in [0.25, 0.3) is 11.3 Å². The molecular weight excluding hydrogens is 526 g/mol. The number of benzene rings is 2. The van der Waals surface area contributed by atoms with Crippen LogP contribution in [0.5, 0.6) is 5.88 Å². The molecule has 9 nitrogen and oxygen atoms in total. The number of sulfonamides is 1. The quantitative estimate of drug-likeness (QED) is 0.457. The average Bonchev–Trinajstić information content (AvgIpc) is 2.93. The molecule has 3 aromatic rings. The van der Waals surface area contributed by atoms with Crippen molar-refractivity contribution >= 4 is 27.6 Å². The normalized spacial score (nSPS) is 23.3. The van der Waals surface area contributed by atoms with E-state index in [9.17, 15) is 13.2 Å². The summed E-state index contributed by atoms with van der Waals surface area (Å²) in [6.07, 6.45) is 6.16. The largest absolute Gasteiger partial charge is 0.473 e. The van der Waals surface area contributed by atoms with Crippen molar-refractivity contribution in [3.8, 4) is 17.1 Å². The molecule has 10 heteroatoms. The Kier molecular flexibility index (Phi) is 7.22. The van der Waals surface area contributed by atoms with Crippen molar-refractivity contribution in [3.05, 3.63) is 59.7 Å². The molecule has 1 saturated carbocycles. The van der Waals surface area contributed by atoms with Crippen molar-refractivity contribution in [3.63, 3.8) is 0 Å². The van der Waals surface area contributed by atoms with Crippen LogP contribution in [0.15, 0.2) is 53.4 Å². The molecule has 2 N–H and O–H groups in total. The number of carbonyl (C=O) groups is 1. The molecule has 2 fully saturated rings. The summed E-state index contributed by atoms with van der Waals surface area (Å²) >= 11 is 0. The number of carbonyl (C=O) groups excluding carboxylic acids is 1. The lowest BCUT2D eigenvalue weighted by atomic mass is 9.89. The zero-order valence-electron chi connectivity index (χ0n) is 22.9. The predicted octanol–water partition coefficient (Wildman–Crippen LogP) is 4.92. The third-order valence-electron chi connectivity index (χ3n) is 8.27. The van der Waals surface area contributed by atoms with Crippen LogP contribution in [0.2, 0.25) is 0 Å². The molecule has 2 aliphatic heterocycles. The van der Waals surface area contributed by atoms with Gasteiger partial charge in [-0.25, -0.2) is 18.1 Å². The summed E-state index contributed by atoms with van der Waals surface area (Å²) in [7, 11) is -4.04. The maximum Gasteiger partial charge on any atom is 0.264 e. The molecule has 1 aromatic heterocycles. The molecule has 2 aromatic carbocycles. The summed E-state index contributed by atoms with van der Waals surface area (Å²) in [5.74, 6) is -0.210. The standard InChI is InChI=1S/C30H35N5O4S/c1-19-8-6-9-20(2)28(19)26-16-27-33-30(32-26)34-40(37,38)25-13-7-10-22(15-25)31-29(36)21-14-24(39-27)18-35(17-21)23-11-4-3-5-12-23/h6-10,13,15-16,21,23-24H,3-5,11-12,14,17-18H2,1-2H3,(H,31,36)(H,32,33,34)/t21-,24+/m1/s1. The third kappa shape index (κ3) is 5.55. The SMILES string of the molecule is Cc1cccc(C)c1-c1cc2nc(n1)NS(=O)(=O)c1cccc(c1)NC(=O)[C@@H]1C[C@@H](CN(C3CCCCC3)C1)O2. The number of fused-ring (bicyclic) bond motifs is 6. The minimum Gasteiger partial charge on any atom is -0.473 e. The van der Waals surface area contributed by atoms with Gasteiger partial charge in [0.1, 0.15) is 6.10 Å². The first-order valence-electron chi connectivity index (χ1n) is 14.1. The van der Waals surface area contributed by atoms with Crippen molar-refractivity contribution in [1.82, 2.24) is 14.9 Å². The maximum absolute atomic E-state index is 13.5. The smallest absolute Gasteiger partial charge is 0.264 e. The van der Waals surface area contributed by atoms with E-state index in [1.165, 1.54) is 31.4 Å². The minimum absolute atomic E-state index is 0.0104. The van der Waals surface area contributed by atoms with E-state index in [2.05, 4.69) is 24.9 Å². The van der Waals surface area contributed by atoms with E-state index in [0.717, 1.165) is 29.5 Å². The molecule has 1 amide bonds. The van der Waals surface area contributed by atoms with Crippen molar-refractivity contribution < 1.29 is 17.9 Å². The summed E-state index contributed by atoms with van der Waals surface area (Å²) in [5, 5.41) is 2.96. The summed E-state index contributed by atoms with van der Waals surface area (Å²) in [4.78, 5) is 25.0. The molecule has 3 heterocycles. The van der Waals surface area contributed by atoms with Gasteiger partial charge in [-0.15, -0.1) is 0 Å². The Morgan fingerprint density at radius 3 is 2.48 bits per heavy atom. The molecule has 210 valence electrons. The van der Waals surface area contributed by atoms with Crippen molar-refractivity contribution in [2.24, 2.45) is 5.92 Å². The predicted molar refractivity (Wildman–Crippen MR) is 154 cm³/mol. The zero-order valence-corrected chi connectivity index (χ0v) is 23.7. The molecule has 40 heavy (non-hydrogen) atoms. The summed E-state index contributed by atoms with van der Waals surface area (Å²) < 4.78 is 35.8. The van der Waals surface area contributed by atoms with E-state index < -0.39 is 10.0 Å². The van der Waals surface area contributed by atoms with Gasteiger partial charge in [-0.2, -0.15) is 4.98 Å². The van der Waals surface area contributed by atoms with E-state index in [4.69, 9.17) is 4.74 Å². The molecule has 0 unspecified atom stereocenters. The highest BCUT2D eigenvalue weighted by Crippen LogP contribution is 2.33. The number of anilines is 2. The second kappa shape index (κ2) is 10.8. The number of amides is 1. The van der Waals surface area contributed by atoms with Crippen LogP contribution in [0.4, 0.5) is 11.6 Å². The Labute approximate surface area is 235 Å². The van der Waals surface area contributed by atoms with E-state index in [-0.39, 0.29) is 34.7 Å². The number of nitrogens with zero attached hydrogens (tertiary/aromatic N) is 3. The Balaban J connectivity index is 1.45. The number of aryl methyl sites for hydroxylation is 2. The lowest BCUT2D eigenvalue weighted by Gasteiger charge is -2.42. The Morgan fingerprint density at radius 2 is 1.70 bits per heavy atom. The van der Waals surface area contributed by atoms with Crippen LogP contribution in [0.3, 0.4) is 0 Å². The van der Waals surface area contributed by atoms with Gasteiger partial charge >= 0.3 is 0 Å². The maximum atomic E-state index is 13.5. The fourth-order valence-corrected chi connectivity index (χ4v) is 7.31. The first-order valence-corrected chi connectivity index (χ1v) is 15.5. The fraction of sp³-hybridized carbons (Fsp3) is 0.433. The fourth-order valence-electron chi connectivity index (χ4n) is 6.32. The lowest BCUT2D eigenvalue weighted by molar-refractivity contribution is -0.123. The summed E-state index contributed by atoms with van der Waals surface area (Å²) in [6.45, 7) is 5.34. The van der Waals surface area contributed by atoms with E-state index in [1.54, 1.807) is 18.2 Å². The third-order valence-corrected chi connectivity index (χ3v) is 9.59. The van der Waals surface area contributed by atoms with Gasteiger partial charge in [0, 0.05) is 36.4 Å². The Morgan fingerprint density at radius 1 is 0.950 bits per heavy atom. The first-order chi connectivity index (χ1) is 19.2. The number of nitrogens with one attached hydrogen (secondary N) is 2. The number of likely N-dealkylation sites (tertiary alicyclic amines) is 1. The topological polar surface area (TPSA) is 114 Å². The molecule has 0 spiro atoms. The summed E-state index contributed by atoms with van der Waals surface area (Å²) in [6, 6.07) is 14.5. The number of piperidine rings is 1. The highest BCUT2D eigenvalue weighted by molar-refractivity contribution is 7.92. The van der Waals surface area contributed by atoms with Gasteiger partial charge < -0.3 is 10.1 Å². The monoisotopic (exact) mass is 561 g/mol. The zero-order chi connectivity index (χ0) is 27.9. The minimum atomic E-state index is -4.04. The number of aromatic nitrogens is 2. The molecule has 6 rings (SSSR count). The van der Waals surface area contributed by atoms with Gasteiger partial charge in [-0.3, -0.25) is 9.69 Å². The number of hydrogen-bond acceptors (Lipinski definition) is 7. The van der Waals surface area contributed by atoms with Crippen molar-refractivity contribution in [2.75, 3.05) is 23.1 Å². The molecule has 0 radical (unpaired) electrons. The first kappa shape index (κ1) is 26.7. The number of rotatable bonds is 2. The van der Waals surface area contributed by atoms with Crippen LogP contribution in [-0.4, -0.2) is 54.4 Å². The van der Waals surface area contributed by atoms with Crippen LogP contribution in [0.1, 0.15) is 49.7 Å². The molecular formula is C30H35N5O4S. The Bertz CT molecular complexity index is 1520. The van der Waals surface area contributed by atoms with Crippen LogP contribution in [-0.2, 0) is 14.8 Å². The van der Waals surface area contributed by atoms with Crippen molar-refractivity contribution in [2.45, 2.75) is 69.4 Å². The van der Waals surface area contributed by atoms with Gasteiger partial charge in [-0.1, -0.05) is 43.5 Å². The number of ether oxygens (including phenoxy) is 1. The molecule has 6 bridgehead atoms. The lowest BCUT2D eigenvalue weighted by Crippen LogP contribution is -2.52. The van der Waals surface area contributed by atoms with Crippen LogP contribution in [0, 0.1) is 19.8 Å². The van der Waals surface area contributed by atoms with E-state index in [1.807, 2.05) is 32.0 Å². The van der Waals surface area contributed by atoms with Crippen molar-refractivity contribution in [1.29, 1.82) is 0 Å². The van der Waals surface area contributed by atoms with E-state index in [0.29, 0.717) is 36.9 Å². The summed E-state index contributed by atoms with van der Waals surface area (Å²) in [5.41, 5.74) is 3.94. The van der Waals surface area contributed by atoms with Crippen LogP contribution < -0.4 is 14.8 Å². The van der Waals surface area contributed by atoms with Gasteiger partial charge in [0.05, 0.1) is 16.5 Å². The molecule has 1 saturated heterocycles. The van der Waals surface area contributed by atoms with Gasteiger partial charge in [-0.05, 0) is 62.4 Å². The van der Waals surface area contributed by atoms with E-state index >= 15 is 0 Å². The van der Waals surface area contributed by atoms with Gasteiger partial charge in [0.15, 0.2) is 0 Å². The van der Waals surface area contributed by atoms with Gasteiger partial charge in [0.25, 0.3) is 10.0 Å². The molecule has 1 aliphatic carbocycles.